The Kier molecular flexibility index (Phi) is 5.18. The maximum absolute atomic E-state index is 12.0. The van der Waals surface area contributed by atoms with Gasteiger partial charge < -0.3 is 18.6 Å². The van der Waals surface area contributed by atoms with Gasteiger partial charge in [-0.3, -0.25) is 0 Å². The van der Waals surface area contributed by atoms with E-state index >= 15 is 0 Å². The van der Waals surface area contributed by atoms with E-state index in [0.29, 0.717) is 30.5 Å². The highest BCUT2D eigenvalue weighted by Crippen LogP contribution is 2.30. The molecule has 1 aromatic carbocycles. The Morgan fingerprint density at radius 1 is 1.16 bits per heavy atom. The molecule has 2 heterocycles. The van der Waals surface area contributed by atoms with Gasteiger partial charge in [0.1, 0.15) is 0 Å². The summed E-state index contributed by atoms with van der Waals surface area (Å²) in [6.07, 6.45) is 4.05. The molecular formula is C19H19NO5. The molecule has 0 saturated heterocycles. The Morgan fingerprint density at radius 2 is 2.04 bits per heavy atom. The fourth-order valence-corrected chi connectivity index (χ4v) is 2.29. The Bertz CT molecular complexity index is 805. The molecule has 25 heavy (non-hydrogen) atoms. The van der Waals surface area contributed by atoms with Crippen molar-refractivity contribution < 1.29 is 23.4 Å². The molecule has 2 aromatic rings. The van der Waals surface area contributed by atoms with Crippen LogP contribution in [0.2, 0.25) is 0 Å². The van der Waals surface area contributed by atoms with Crippen LogP contribution in [0.1, 0.15) is 31.6 Å². The van der Waals surface area contributed by atoms with E-state index in [1.165, 1.54) is 6.26 Å². The molecule has 0 atom stereocenters. The van der Waals surface area contributed by atoms with Crippen molar-refractivity contribution in [3.05, 3.63) is 53.6 Å². The van der Waals surface area contributed by atoms with Gasteiger partial charge in [0.2, 0.25) is 0 Å². The average molecular weight is 341 g/mol. The number of ether oxygens (including phenoxy) is 3. The van der Waals surface area contributed by atoms with E-state index < -0.39 is 5.97 Å². The summed E-state index contributed by atoms with van der Waals surface area (Å²) in [6, 6.07) is 8.87. The third-order valence-corrected chi connectivity index (χ3v) is 3.39. The first-order valence-electron chi connectivity index (χ1n) is 8.17. The number of carbonyl (C=O) groups excluding carboxylic acids is 1. The van der Waals surface area contributed by atoms with Gasteiger partial charge in [0.05, 0.1) is 19.5 Å². The van der Waals surface area contributed by atoms with Crippen LogP contribution < -0.4 is 9.47 Å². The highest BCUT2D eigenvalue weighted by Gasteiger charge is 2.25. The van der Waals surface area contributed by atoms with Crippen molar-refractivity contribution in [3.63, 3.8) is 0 Å². The molecule has 0 spiro atoms. The van der Waals surface area contributed by atoms with Crippen LogP contribution in [-0.2, 0) is 9.53 Å². The monoisotopic (exact) mass is 341 g/mol. The smallest absolute Gasteiger partial charge is 0.363 e. The number of furan rings is 1. The van der Waals surface area contributed by atoms with Gasteiger partial charge in [-0.2, -0.15) is 0 Å². The SMILES string of the molecule is CCCOc1ccc(/C=C2/N=C(c3ccco3)OC2=O)cc1OCC. The first kappa shape index (κ1) is 16.8. The van der Waals surface area contributed by atoms with Crippen molar-refractivity contribution >= 4 is 17.9 Å². The number of nitrogens with zero attached hydrogens (tertiary/aromatic N) is 1. The van der Waals surface area contributed by atoms with Crippen LogP contribution in [0.3, 0.4) is 0 Å². The maximum Gasteiger partial charge on any atom is 0.363 e. The van der Waals surface area contributed by atoms with E-state index in [-0.39, 0.29) is 11.6 Å². The Labute approximate surface area is 145 Å². The second-order valence-corrected chi connectivity index (χ2v) is 5.30. The molecule has 0 fully saturated rings. The van der Waals surface area contributed by atoms with E-state index in [9.17, 15) is 4.79 Å². The predicted molar refractivity (Wildman–Crippen MR) is 92.7 cm³/mol. The lowest BCUT2D eigenvalue weighted by Crippen LogP contribution is -2.04. The fraction of sp³-hybridized carbons (Fsp3) is 0.263. The molecule has 1 aliphatic rings. The Balaban J connectivity index is 1.87. The number of aliphatic imine (C=N–C) groups is 1. The van der Waals surface area contributed by atoms with Gasteiger partial charge in [0, 0.05) is 0 Å². The van der Waals surface area contributed by atoms with Crippen LogP contribution in [0.4, 0.5) is 0 Å². The topological polar surface area (TPSA) is 70.3 Å². The Hall–Kier alpha value is -3.02. The number of rotatable bonds is 7. The van der Waals surface area contributed by atoms with E-state index in [4.69, 9.17) is 18.6 Å². The lowest BCUT2D eigenvalue weighted by Gasteiger charge is -2.12. The minimum atomic E-state index is -0.518. The number of hydrogen-bond donors (Lipinski definition) is 0. The van der Waals surface area contributed by atoms with Crippen LogP contribution in [-0.4, -0.2) is 25.1 Å². The first-order chi connectivity index (χ1) is 12.2. The molecule has 3 rings (SSSR count). The minimum absolute atomic E-state index is 0.161. The summed E-state index contributed by atoms with van der Waals surface area (Å²) in [5.74, 6) is 1.37. The number of esters is 1. The van der Waals surface area contributed by atoms with Crippen molar-refractivity contribution in [2.75, 3.05) is 13.2 Å². The molecule has 1 aromatic heterocycles. The molecule has 0 bridgehead atoms. The van der Waals surface area contributed by atoms with Crippen molar-refractivity contribution in [3.8, 4) is 11.5 Å². The average Bonchev–Trinajstić information content (AvgIpc) is 3.25. The highest BCUT2D eigenvalue weighted by atomic mass is 16.6. The van der Waals surface area contributed by atoms with Crippen LogP contribution >= 0.6 is 0 Å². The summed E-state index contributed by atoms with van der Waals surface area (Å²) >= 11 is 0. The third-order valence-electron chi connectivity index (χ3n) is 3.39. The van der Waals surface area contributed by atoms with Crippen molar-refractivity contribution in [2.45, 2.75) is 20.3 Å². The summed E-state index contributed by atoms with van der Waals surface area (Å²) in [5, 5.41) is 0. The lowest BCUT2D eigenvalue weighted by atomic mass is 10.1. The maximum atomic E-state index is 12.0. The van der Waals surface area contributed by atoms with Gasteiger partial charge in [-0.05, 0) is 49.2 Å². The molecule has 6 nitrogen and oxygen atoms in total. The second kappa shape index (κ2) is 7.70. The van der Waals surface area contributed by atoms with Crippen molar-refractivity contribution in [1.29, 1.82) is 0 Å². The zero-order valence-corrected chi connectivity index (χ0v) is 14.2. The Morgan fingerprint density at radius 3 is 2.76 bits per heavy atom. The van der Waals surface area contributed by atoms with E-state index in [1.807, 2.05) is 32.0 Å². The van der Waals surface area contributed by atoms with E-state index in [1.54, 1.807) is 18.2 Å². The predicted octanol–water partition coefficient (Wildman–Crippen LogP) is 3.81. The summed E-state index contributed by atoms with van der Waals surface area (Å²) < 4.78 is 21.6. The van der Waals surface area contributed by atoms with Gasteiger partial charge in [0.15, 0.2) is 23.0 Å². The molecule has 6 heteroatoms. The van der Waals surface area contributed by atoms with Gasteiger partial charge in [-0.15, -0.1) is 0 Å². The number of benzene rings is 1. The molecule has 0 aliphatic carbocycles. The molecule has 0 radical (unpaired) electrons. The van der Waals surface area contributed by atoms with Crippen LogP contribution in [0, 0.1) is 0 Å². The zero-order chi connectivity index (χ0) is 17.6. The van der Waals surface area contributed by atoms with Crippen molar-refractivity contribution in [2.24, 2.45) is 4.99 Å². The van der Waals surface area contributed by atoms with Gasteiger partial charge in [0.25, 0.3) is 5.90 Å². The van der Waals surface area contributed by atoms with Gasteiger partial charge >= 0.3 is 5.97 Å². The molecule has 0 N–H and O–H groups in total. The van der Waals surface area contributed by atoms with E-state index in [0.717, 1.165) is 12.0 Å². The zero-order valence-electron chi connectivity index (χ0n) is 14.2. The number of carbonyl (C=O) groups is 1. The molecule has 1 aliphatic heterocycles. The van der Waals surface area contributed by atoms with Gasteiger partial charge in [-0.1, -0.05) is 13.0 Å². The number of hydrogen-bond acceptors (Lipinski definition) is 6. The quantitative estimate of drug-likeness (QED) is 0.566. The molecule has 130 valence electrons. The number of cyclic esters (lactones) is 1. The second-order valence-electron chi connectivity index (χ2n) is 5.30. The largest absolute Gasteiger partial charge is 0.490 e. The first-order valence-corrected chi connectivity index (χ1v) is 8.17. The standard InChI is InChI=1S/C19H19NO5/c1-3-9-23-15-8-7-13(12-17(15)22-4-2)11-14-19(21)25-18(20-14)16-6-5-10-24-16/h5-8,10-12H,3-4,9H2,1-2H3/b14-11+. The molecule has 0 saturated carbocycles. The third kappa shape index (κ3) is 3.91. The molecule has 0 amide bonds. The van der Waals surface area contributed by atoms with E-state index in [2.05, 4.69) is 4.99 Å². The normalized spacial score (nSPS) is 15.2. The van der Waals surface area contributed by atoms with Crippen LogP contribution in [0.25, 0.3) is 6.08 Å². The summed E-state index contributed by atoms with van der Waals surface area (Å²) in [7, 11) is 0. The van der Waals surface area contributed by atoms with Crippen LogP contribution in [0.5, 0.6) is 11.5 Å². The molecular weight excluding hydrogens is 322 g/mol. The lowest BCUT2D eigenvalue weighted by molar-refractivity contribution is -0.130. The van der Waals surface area contributed by atoms with Crippen molar-refractivity contribution in [1.82, 2.24) is 0 Å². The summed E-state index contributed by atoms with van der Waals surface area (Å²) in [5.41, 5.74) is 0.972. The minimum Gasteiger partial charge on any atom is -0.490 e. The summed E-state index contributed by atoms with van der Waals surface area (Å²) in [6.45, 7) is 5.08. The summed E-state index contributed by atoms with van der Waals surface area (Å²) in [4.78, 5) is 16.2. The van der Waals surface area contributed by atoms with Crippen LogP contribution in [0.15, 0.2) is 51.7 Å². The molecule has 0 unspecified atom stereocenters. The highest BCUT2D eigenvalue weighted by molar-refractivity contribution is 6.11. The van der Waals surface area contributed by atoms with Gasteiger partial charge in [-0.25, -0.2) is 9.79 Å². The fourth-order valence-electron chi connectivity index (χ4n) is 2.29.